The Morgan fingerprint density at radius 2 is 2.15 bits per heavy atom. The van der Waals surface area contributed by atoms with Gasteiger partial charge in [0.05, 0.1) is 29.3 Å². The van der Waals surface area contributed by atoms with E-state index in [0.717, 1.165) is 6.42 Å². The number of hydrogen-bond donors (Lipinski definition) is 1. The molecule has 1 heterocycles. The molecule has 0 spiro atoms. The van der Waals surface area contributed by atoms with Crippen LogP contribution in [0.25, 0.3) is 0 Å². The van der Waals surface area contributed by atoms with Gasteiger partial charge < -0.3 is 14.6 Å². The van der Waals surface area contributed by atoms with E-state index in [9.17, 15) is 9.00 Å². The van der Waals surface area contributed by atoms with E-state index in [1.165, 1.54) is 12.1 Å². The fraction of sp³-hybridized carbons (Fsp3) is 0.500. The van der Waals surface area contributed by atoms with Crippen LogP contribution >= 0.6 is 0 Å². The summed E-state index contributed by atoms with van der Waals surface area (Å²) in [6, 6.07) is 6.18. The van der Waals surface area contributed by atoms with Gasteiger partial charge in [0.2, 0.25) is 0 Å². The Bertz CT molecular complexity index is 485. The Balaban J connectivity index is 1.78. The average molecular weight is 298 g/mol. The SMILES string of the molecule is CC1OCCC1S(=O)CCOc1ccc(C(=O)O)cc1. The molecule has 0 aromatic heterocycles. The number of ether oxygens (including phenoxy) is 2. The molecule has 1 N–H and O–H groups in total. The van der Waals surface area contributed by atoms with Gasteiger partial charge in [-0.05, 0) is 37.6 Å². The average Bonchev–Trinajstić information content (AvgIpc) is 2.85. The summed E-state index contributed by atoms with van der Waals surface area (Å²) in [5, 5.41) is 8.87. The third kappa shape index (κ3) is 3.80. The third-order valence-corrected chi connectivity index (χ3v) is 5.16. The van der Waals surface area contributed by atoms with Crippen LogP contribution in [0.15, 0.2) is 24.3 Å². The first-order valence-electron chi connectivity index (χ1n) is 6.53. The summed E-state index contributed by atoms with van der Waals surface area (Å²) in [6.45, 7) is 2.97. The number of carboxylic acids is 1. The summed E-state index contributed by atoms with van der Waals surface area (Å²) in [7, 11) is -0.955. The van der Waals surface area contributed by atoms with Gasteiger partial charge in [-0.25, -0.2) is 4.79 Å². The maximum Gasteiger partial charge on any atom is 0.335 e. The van der Waals surface area contributed by atoms with Crippen molar-refractivity contribution in [1.82, 2.24) is 0 Å². The first kappa shape index (κ1) is 15.0. The number of aromatic carboxylic acids is 1. The predicted molar refractivity (Wildman–Crippen MR) is 75.7 cm³/mol. The molecular formula is C14H18O5S. The fourth-order valence-electron chi connectivity index (χ4n) is 2.14. The zero-order chi connectivity index (χ0) is 14.5. The van der Waals surface area contributed by atoms with Crippen LogP contribution in [-0.2, 0) is 15.5 Å². The number of rotatable bonds is 6. The largest absolute Gasteiger partial charge is 0.493 e. The van der Waals surface area contributed by atoms with Crippen molar-refractivity contribution >= 4 is 16.8 Å². The second-order valence-corrected chi connectivity index (χ2v) is 6.44. The second kappa shape index (κ2) is 6.85. The number of carbonyl (C=O) groups is 1. The van der Waals surface area contributed by atoms with Crippen molar-refractivity contribution in [3.05, 3.63) is 29.8 Å². The van der Waals surface area contributed by atoms with Crippen LogP contribution in [0, 0.1) is 0 Å². The van der Waals surface area contributed by atoms with Gasteiger partial charge in [-0.15, -0.1) is 0 Å². The molecule has 3 atom stereocenters. The summed E-state index contributed by atoms with van der Waals surface area (Å²) in [4.78, 5) is 10.7. The molecular weight excluding hydrogens is 280 g/mol. The molecule has 0 saturated carbocycles. The van der Waals surface area contributed by atoms with Crippen LogP contribution in [0.4, 0.5) is 0 Å². The maximum absolute atomic E-state index is 12.1. The van der Waals surface area contributed by atoms with E-state index in [4.69, 9.17) is 14.6 Å². The first-order chi connectivity index (χ1) is 9.58. The Morgan fingerprint density at radius 3 is 2.70 bits per heavy atom. The van der Waals surface area contributed by atoms with Crippen LogP contribution in [0.5, 0.6) is 5.75 Å². The zero-order valence-electron chi connectivity index (χ0n) is 11.3. The Labute approximate surface area is 120 Å². The van der Waals surface area contributed by atoms with Gasteiger partial charge in [-0.1, -0.05) is 0 Å². The molecule has 110 valence electrons. The van der Waals surface area contributed by atoms with E-state index in [2.05, 4.69) is 0 Å². The second-order valence-electron chi connectivity index (χ2n) is 4.67. The zero-order valence-corrected chi connectivity index (χ0v) is 12.1. The number of hydrogen-bond acceptors (Lipinski definition) is 4. The molecule has 1 aliphatic rings. The number of benzene rings is 1. The van der Waals surface area contributed by atoms with Crippen molar-refractivity contribution in [3.63, 3.8) is 0 Å². The fourth-order valence-corrected chi connectivity index (χ4v) is 3.56. The highest BCUT2D eigenvalue weighted by Crippen LogP contribution is 2.19. The molecule has 3 unspecified atom stereocenters. The van der Waals surface area contributed by atoms with Crippen molar-refractivity contribution in [2.45, 2.75) is 24.7 Å². The van der Waals surface area contributed by atoms with Crippen molar-refractivity contribution in [3.8, 4) is 5.75 Å². The lowest BCUT2D eigenvalue weighted by Gasteiger charge is -2.14. The van der Waals surface area contributed by atoms with Gasteiger partial charge in [0, 0.05) is 17.4 Å². The lowest BCUT2D eigenvalue weighted by atomic mass is 10.2. The summed E-state index contributed by atoms with van der Waals surface area (Å²) < 4.78 is 22.9. The van der Waals surface area contributed by atoms with Gasteiger partial charge >= 0.3 is 5.97 Å². The topological polar surface area (TPSA) is 72.8 Å². The van der Waals surface area contributed by atoms with Crippen molar-refractivity contribution < 1.29 is 23.6 Å². The minimum absolute atomic E-state index is 0.0469. The predicted octanol–water partition coefficient (Wildman–Crippen LogP) is 1.69. The summed E-state index contributed by atoms with van der Waals surface area (Å²) in [5.41, 5.74) is 0.220. The van der Waals surface area contributed by atoms with Gasteiger partial charge in [-0.2, -0.15) is 0 Å². The highest BCUT2D eigenvalue weighted by molar-refractivity contribution is 7.85. The minimum atomic E-state index is -0.965. The summed E-state index contributed by atoms with van der Waals surface area (Å²) >= 11 is 0. The van der Waals surface area contributed by atoms with E-state index in [0.29, 0.717) is 24.7 Å². The van der Waals surface area contributed by atoms with Crippen molar-refractivity contribution in [1.29, 1.82) is 0 Å². The standard InChI is InChI=1S/C14H18O5S/c1-10-13(6-7-18-10)20(17)9-8-19-12-4-2-11(3-5-12)14(15)16/h2-5,10,13H,6-9H2,1H3,(H,15,16). The highest BCUT2D eigenvalue weighted by Gasteiger charge is 2.29. The van der Waals surface area contributed by atoms with Gasteiger partial charge in [0.15, 0.2) is 0 Å². The van der Waals surface area contributed by atoms with E-state index in [1.807, 2.05) is 6.92 Å². The lowest BCUT2D eigenvalue weighted by Crippen LogP contribution is -2.26. The van der Waals surface area contributed by atoms with Gasteiger partial charge in [0.1, 0.15) is 5.75 Å². The van der Waals surface area contributed by atoms with Gasteiger partial charge in [0.25, 0.3) is 0 Å². The van der Waals surface area contributed by atoms with E-state index < -0.39 is 16.8 Å². The summed E-state index contributed by atoms with van der Waals surface area (Å²) in [5.74, 6) is 0.0783. The van der Waals surface area contributed by atoms with Crippen LogP contribution in [0.1, 0.15) is 23.7 Å². The van der Waals surface area contributed by atoms with Crippen molar-refractivity contribution in [2.24, 2.45) is 0 Å². The quantitative estimate of drug-likeness (QED) is 0.865. The summed E-state index contributed by atoms with van der Waals surface area (Å²) in [6.07, 6.45) is 0.881. The Morgan fingerprint density at radius 1 is 1.45 bits per heavy atom. The van der Waals surface area contributed by atoms with Crippen LogP contribution in [0.2, 0.25) is 0 Å². The lowest BCUT2D eigenvalue weighted by molar-refractivity contribution is 0.0697. The number of carboxylic acid groups (broad SMARTS) is 1. The molecule has 0 aliphatic carbocycles. The normalized spacial score (nSPS) is 23.4. The third-order valence-electron chi connectivity index (χ3n) is 3.30. The molecule has 0 bridgehead atoms. The molecule has 1 aromatic carbocycles. The van der Waals surface area contributed by atoms with E-state index >= 15 is 0 Å². The molecule has 1 fully saturated rings. The highest BCUT2D eigenvalue weighted by atomic mass is 32.2. The van der Waals surface area contributed by atoms with Crippen LogP contribution in [-0.4, -0.2) is 45.6 Å². The minimum Gasteiger partial charge on any atom is -0.493 e. The maximum atomic E-state index is 12.1. The molecule has 1 aromatic rings. The molecule has 6 heteroatoms. The Hall–Kier alpha value is -1.40. The molecule has 20 heavy (non-hydrogen) atoms. The first-order valence-corrected chi connectivity index (χ1v) is 7.91. The molecule has 2 rings (SSSR count). The molecule has 0 radical (unpaired) electrons. The van der Waals surface area contributed by atoms with E-state index in [-0.39, 0.29) is 16.9 Å². The molecule has 1 saturated heterocycles. The van der Waals surface area contributed by atoms with Crippen LogP contribution in [0.3, 0.4) is 0 Å². The smallest absolute Gasteiger partial charge is 0.335 e. The Kier molecular flexibility index (Phi) is 5.14. The van der Waals surface area contributed by atoms with Crippen LogP contribution < -0.4 is 4.74 Å². The van der Waals surface area contributed by atoms with E-state index in [1.54, 1.807) is 12.1 Å². The monoisotopic (exact) mass is 298 g/mol. The molecule has 1 aliphatic heterocycles. The molecule has 0 amide bonds. The van der Waals surface area contributed by atoms with Crippen molar-refractivity contribution in [2.75, 3.05) is 19.0 Å². The van der Waals surface area contributed by atoms with Gasteiger partial charge in [-0.3, -0.25) is 4.21 Å². The molecule has 5 nitrogen and oxygen atoms in total.